The fourth-order valence-corrected chi connectivity index (χ4v) is 4.30. The van der Waals surface area contributed by atoms with Crippen molar-refractivity contribution in [1.82, 2.24) is 24.8 Å². The molecule has 0 saturated heterocycles. The summed E-state index contributed by atoms with van der Waals surface area (Å²) in [6, 6.07) is 10.1. The van der Waals surface area contributed by atoms with E-state index in [-0.39, 0.29) is 6.10 Å². The van der Waals surface area contributed by atoms with Crippen LogP contribution >= 0.6 is 15.9 Å². The zero-order valence-electron chi connectivity index (χ0n) is 19.2. The van der Waals surface area contributed by atoms with Crippen LogP contribution in [0.4, 0.5) is 23.1 Å². The number of halogens is 1. The predicted molar refractivity (Wildman–Crippen MR) is 137 cm³/mol. The van der Waals surface area contributed by atoms with Crippen LogP contribution in [0.2, 0.25) is 0 Å². The highest BCUT2D eigenvalue weighted by Crippen LogP contribution is 2.36. The lowest BCUT2D eigenvalue weighted by Crippen LogP contribution is -2.46. The van der Waals surface area contributed by atoms with E-state index in [1.807, 2.05) is 30.5 Å². The zero-order chi connectivity index (χ0) is 23.7. The summed E-state index contributed by atoms with van der Waals surface area (Å²) in [6.07, 6.45) is 7.58. The molecule has 3 heterocycles. The molecule has 0 radical (unpaired) electrons. The molecule has 1 fully saturated rings. The van der Waals surface area contributed by atoms with Crippen LogP contribution in [0.15, 0.2) is 53.4 Å². The maximum absolute atomic E-state index is 6.14. The molecule has 0 atom stereocenters. The second-order valence-electron chi connectivity index (χ2n) is 8.47. The summed E-state index contributed by atoms with van der Waals surface area (Å²) in [5, 5.41) is 7.51. The van der Waals surface area contributed by atoms with E-state index in [9.17, 15) is 0 Å². The lowest BCUT2D eigenvalue weighted by Gasteiger charge is -2.39. The van der Waals surface area contributed by atoms with Crippen LogP contribution in [0.3, 0.4) is 0 Å². The molecule has 0 amide bonds. The standard InChI is InChI=1S/C24H26BrN7O2/c1-32(2)16-10-17(11-16)34-20-5-4-14(9-21(20)33-3)30-24-26-7-6-22(31-24)29-15-8-18-19(25)13-28-23(18)27-12-15/h4-9,12-13,16-17H,10-11H2,1-3H3,(H,27,28)(H2,26,29,30,31). The molecule has 1 aliphatic rings. The molecule has 5 rings (SSSR count). The molecule has 34 heavy (non-hydrogen) atoms. The first-order valence-corrected chi connectivity index (χ1v) is 11.8. The minimum absolute atomic E-state index is 0.215. The maximum Gasteiger partial charge on any atom is 0.229 e. The summed E-state index contributed by atoms with van der Waals surface area (Å²) in [4.78, 5) is 18.7. The van der Waals surface area contributed by atoms with Gasteiger partial charge in [0.05, 0.1) is 19.0 Å². The molecular formula is C24H26BrN7O2. The fourth-order valence-electron chi connectivity index (χ4n) is 3.88. The van der Waals surface area contributed by atoms with Gasteiger partial charge in [-0.15, -0.1) is 0 Å². The first-order chi connectivity index (χ1) is 16.5. The second kappa shape index (κ2) is 9.47. The van der Waals surface area contributed by atoms with Gasteiger partial charge in [-0.05, 0) is 67.1 Å². The van der Waals surface area contributed by atoms with Gasteiger partial charge in [0.25, 0.3) is 0 Å². The third kappa shape index (κ3) is 4.78. The monoisotopic (exact) mass is 523 g/mol. The van der Waals surface area contributed by atoms with Gasteiger partial charge in [0, 0.05) is 40.0 Å². The summed E-state index contributed by atoms with van der Waals surface area (Å²) >= 11 is 3.52. The molecule has 1 aromatic carbocycles. The van der Waals surface area contributed by atoms with Crippen LogP contribution in [-0.4, -0.2) is 58.2 Å². The van der Waals surface area contributed by atoms with Gasteiger partial charge in [-0.2, -0.15) is 4.98 Å². The van der Waals surface area contributed by atoms with Gasteiger partial charge in [0.2, 0.25) is 5.95 Å². The summed E-state index contributed by atoms with van der Waals surface area (Å²) < 4.78 is 12.7. The zero-order valence-corrected chi connectivity index (χ0v) is 20.8. The molecule has 3 aromatic heterocycles. The van der Waals surface area contributed by atoms with Crippen LogP contribution in [0.25, 0.3) is 11.0 Å². The number of ether oxygens (including phenoxy) is 2. The highest BCUT2D eigenvalue weighted by atomic mass is 79.9. The molecule has 0 bridgehead atoms. The lowest BCUT2D eigenvalue weighted by atomic mass is 9.88. The number of hydrogen-bond donors (Lipinski definition) is 3. The van der Waals surface area contributed by atoms with Crippen molar-refractivity contribution in [3.63, 3.8) is 0 Å². The van der Waals surface area contributed by atoms with E-state index in [1.54, 1.807) is 25.6 Å². The predicted octanol–water partition coefficient (Wildman–Crippen LogP) is 5.08. The number of aromatic nitrogens is 4. The number of nitrogens with zero attached hydrogens (tertiary/aromatic N) is 4. The molecule has 4 aromatic rings. The van der Waals surface area contributed by atoms with E-state index >= 15 is 0 Å². The minimum atomic E-state index is 0.215. The number of anilines is 4. The molecule has 10 heteroatoms. The number of pyridine rings is 1. The number of aromatic amines is 1. The highest BCUT2D eigenvalue weighted by molar-refractivity contribution is 9.10. The van der Waals surface area contributed by atoms with Crippen molar-refractivity contribution in [3.8, 4) is 11.5 Å². The highest BCUT2D eigenvalue weighted by Gasteiger charge is 2.32. The molecule has 0 unspecified atom stereocenters. The first-order valence-electron chi connectivity index (χ1n) is 11.0. The van der Waals surface area contributed by atoms with Gasteiger partial charge in [0.1, 0.15) is 17.6 Å². The van der Waals surface area contributed by atoms with Crippen molar-refractivity contribution in [2.75, 3.05) is 31.8 Å². The Morgan fingerprint density at radius 3 is 2.71 bits per heavy atom. The third-order valence-electron chi connectivity index (χ3n) is 5.92. The van der Waals surface area contributed by atoms with Crippen molar-refractivity contribution in [2.45, 2.75) is 25.0 Å². The molecule has 0 aliphatic heterocycles. The normalized spacial score (nSPS) is 17.4. The van der Waals surface area contributed by atoms with Gasteiger partial charge < -0.3 is 30.0 Å². The Labute approximate surface area is 206 Å². The van der Waals surface area contributed by atoms with Crippen LogP contribution in [0, 0.1) is 0 Å². The summed E-state index contributed by atoms with van der Waals surface area (Å²) in [7, 11) is 5.85. The maximum atomic E-state index is 6.14. The molecule has 0 spiro atoms. The van der Waals surface area contributed by atoms with E-state index in [1.165, 1.54) is 0 Å². The average Bonchev–Trinajstić information content (AvgIpc) is 3.16. The van der Waals surface area contributed by atoms with Crippen LogP contribution in [-0.2, 0) is 0 Å². The Balaban J connectivity index is 1.26. The van der Waals surface area contributed by atoms with Crippen molar-refractivity contribution in [3.05, 3.63) is 53.4 Å². The molecule has 1 aliphatic carbocycles. The lowest BCUT2D eigenvalue weighted by molar-refractivity contribution is 0.0383. The Kier molecular flexibility index (Phi) is 6.25. The SMILES string of the molecule is COc1cc(Nc2nccc(Nc3cnc4[nH]cc(Br)c4c3)n2)ccc1OC1CC(N(C)C)C1. The molecule has 176 valence electrons. The van der Waals surface area contributed by atoms with Gasteiger partial charge in [0.15, 0.2) is 11.5 Å². The summed E-state index contributed by atoms with van der Waals surface area (Å²) in [5.74, 6) is 2.53. The number of fused-ring (bicyclic) bond motifs is 1. The van der Waals surface area contributed by atoms with Gasteiger partial charge in [-0.25, -0.2) is 9.97 Å². The third-order valence-corrected chi connectivity index (χ3v) is 6.58. The van der Waals surface area contributed by atoms with Gasteiger partial charge in [-0.3, -0.25) is 0 Å². The molecular weight excluding hydrogens is 498 g/mol. The van der Waals surface area contributed by atoms with Crippen LogP contribution in [0.5, 0.6) is 11.5 Å². The number of rotatable bonds is 8. The number of benzene rings is 1. The Bertz CT molecular complexity index is 1300. The van der Waals surface area contributed by atoms with E-state index in [4.69, 9.17) is 9.47 Å². The Morgan fingerprint density at radius 2 is 1.91 bits per heavy atom. The van der Waals surface area contributed by atoms with Crippen molar-refractivity contribution < 1.29 is 9.47 Å². The topological polar surface area (TPSA) is 100 Å². The fraction of sp³-hybridized carbons (Fsp3) is 0.292. The Hall–Kier alpha value is -3.37. The average molecular weight is 524 g/mol. The number of nitrogens with one attached hydrogen (secondary N) is 3. The summed E-state index contributed by atoms with van der Waals surface area (Å²) in [5.41, 5.74) is 2.45. The van der Waals surface area contributed by atoms with Gasteiger partial charge >= 0.3 is 0 Å². The molecule has 1 saturated carbocycles. The molecule has 9 nitrogen and oxygen atoms in total. The van der Waals surface area contributed by atoms with E-state index < -0.39 is 0 Å². The molecule has 3 N–H and O–H groups in total. The summed E-state index contributed by atoms with van der Waals surface area (Å²) in [6.45, 7) is 0. The van der Waals surface area contributed by atoms with Gasteiger partial charge in [-0.1, -0.05) is 0 Å². The van der Waals surface area contributed by atoms with Crippen molar-refractivity contribution in [2.24, 2.45) is 0 Å². The quantitative estimate of drug-likeness (QED) is 0.294. The Morgan fingerprint density at radius 1 is 1.06 bits per heavy atom. The van der Waals surface area contributed by atoms with E-state index in [2.05, 4.69) is 65.5 Å². The second-order valence-corrected chi connectivity index (χ2v) is 9.32. The van der Waals surface area contributed by atoms with E-state index in [0.29, 0.717) is 23.6 Å². The van der Waals surface area contributed by atoms with E-state index in [0.717, 1.165) is 45.5 Å². The minimum Gasteiger partial charge on any atom is -0.493 e. The smallest absolute Gasteiger partial charge is 0.229 e. The van der Waals surface area contributed by atoms with Crippen LogP contribution in [0.1, 0.15) is 12.8 Å². The van der Waals surface area contributed by atoms with Crippen LogP contribution < -0.4 is 20.1 Å². The number of hydrogen-bond acceptors (Lipinski definition) is 8. The largest absolute Gasteiger partial charge is 0.493 e. The number of H-pyrrole nitrogens is 1. The first kappa shape index (κ1) is 22.4. The van der Waals surface area contributed by atoms with Crippen molar-refractivity contribution in [1.29, 1.82) is 0 Å². The number of methoxy groups -OCH3 is 1. The van der Waals surface area contributed by atoms with Crippen molar-refractivity contribution >= 4 is 50.1 Å².